The molecule has 2 saturated carbocycles. The molecule has 0 saturated heterocycles. The minimum atomic E-state index is 0.0396. The summed E-state index contributed by atoms with van der Waals surface area (Å²) in [5.74, 6) is 1.28. The molecule has 5 heteroatoms. The van der Waals surface area contributed by atoms with E-state index in [4.69, 9.17) is 5.73 Å². The van der Waals surface area contributed by atoms with E-state index in [-0.39, 0.29) is 17.9 Å². The first kappa shape index (κ1) is 12.1. The second-order valence-electron chi connectivity index (χ2n) is 5.50. The zero-order valence-electron chi connectivity index (χ0n) is 10.6. The van der Waals surface area contributed by atoms with Gasteiger partial charge in [-0.25, -0.2) is 4.98 Å². The van der Waals surface area contributed by atoms with E-state index in [9.17, 15) is 4.79 Å². The van der Waals surface area contributed by atoms with Crippen LogP contribution in [0.15, 0.2) is 6.20 Å². The average Bonchev–Trinajstić information content (AvgIpc) is 3.02. The second-order valence-corrected chi connectivity index (χ2v) is 6.82. The Hall–Kier alpha value is -0.940. The first-order valence-electron chi connectivity index (χ1n) is 6.59. The lowest BCUT2D eigenvalue weighted by atomic mass is 9.84. The van der Waals surface area contributed by atoms with Gasteiger partial charge in [0.05, 0.1) is 17.5 Å². The lowest BCUT2D eigenvalue weighted by Crippen LogP contribution is -2.45. The smallest absolute Gasteiger partial charge is 0.225 e. The number of nitrogens with zero attached hydrogens (tertiary/aromatic N) is 1. The summed E-state index contributed by atoms with van der Waals surface area (Å²) in [4.78, 5) is 17.5. The highest BCUT2D eigenvalue weighted by Gasteiger charge is 2.48. The molecule has 18 heavy (non-hydrogen) atoms. The zero-order chi connectivity index (χ0) is 12.7. The molecule has 1 aromatic heterocycles. The third-order valence-electron chi connectivity index (χ3n) is 4.39. The van der Waals surface area contributed by atoms with Gasteiger partial charge in [0.15, 0.2) is 0 Å². The van der Waals surface area contributed by atoms with Gasteiger partial charge in [-0.3, -0.25) is 4.79 Å². The number of carbonyl (C=O) groups excluding carboxylic acids is 1. The highest BCUT2D eigenvalue weighted by molar-refractivity contribution is 7.11. The molecule has 0 radical (unpaired) electrons. The number of nitrogens with one attached hydrogen (secondary N) is 1. The van der Waals surface area contributed by atoms with E-state index in [1.54, 1.807) is 11.3 Å². The maximum absolute atomic E-state index is 12.2. The largest absolute Gasteiger partial charge is 0.351 e. The van der Waals surface area contributed by atoms with Gasteiger partial charge < -0.3 is 11.1 Å². The number of amides is 1. The Labute approximate surface area is 111 Å². The molecule has 1 heterocycles. The van der Waals surface area contributed by atoms with Crippen molar-refractivity contribution < 1.29 is 4.79 Å². The van der Waals surface area contributed by atoms with Crippen LogP contribution in [0.4, 0.5) is 0 Å². The molecule has 98 valence electrons. The van der Waals surface area contributed by atoms with Crippen LogP contribution in [0.2, 0.25) is 0 Å². The molecule has 2 aliphatic carbocycles. The number of aryl methyl sites for hydroxylation is 1. The molecule has 1 amide bonds. The molecule has 3 rings (SSSR count). The molecule has 0 aliphatic heterocycles. The van der Waals surface area contributed by atoms with Gasteiger partial charge in [-0.2, -0.15) is 0 Å². The van der Waals surface area contributed by atoms with E-state index < -0.39 is 0 Å². The van der Waals surface area contributed by atoms with Gasteiger partial charge >= 0.3 is 0 Å². The number of aromatic nitrogens is 1. The van der Waals surface area contributed by atoms with Gasteiger partial charge in [-0.15, -0.1) is 11.3 Å². The highest BCUT2D eigenvalue weighted by Crippen LogP contribution is 2.47. The van der Waals surface area contributed by atoms with Crippen LogP contribution >= 0.6 is 11.3 Å². The lowest BCUT2D eigenvalue weighted by molar-refractivity contribution is -0.127. The Bertz CT molecular complexity index is 457. The number of hydrogen-bond donors (Lipinski definition) is 2. The van der Waals surface area contributed by atoms with Crippen LogP contribution in [0.5, 0.6) is 0 Å². The summed E-state index contributed by atoms with van der Waals surface area (Å²) in [5.41, 5.74) is 6.17. The van der Waals surface area contributed by atoms with Crippen LogP contribution in [0.3, 0.4) is 0 Å². The molecule has 4 nitrogen and oxygen atoms in total. The molecule has 2 aliphatic rings. The van der Waals surface area contributed by atoms with Gasteiger partial charge in [-0.05, 0) is 38.0 Å². The van der Waals surface area contributed by atoms with Gasteiger partial charge in [0.1, 0.15) is 0 Å². The third-order valence-corrected chi connectivity index (χ3v) is 5.30. The molecule has 0 aromatic carbocycles. The van der Waals surface area contributed by atoms with Gasteiger partial charge in [0, 0.05) is 17.1 Å². The SMILES string of the molecule is Cc1ncc(CNC(=O)C2C3CCC(C3)C2N)s1. The van der Waals surface area contributed by atoms with E-state index in [0.717, 1.165) is 16.3 Å². The van der Waals surface area contributed by atoms with Crippen molar-refractivity contribution in [3.05, 3.63) is 16.1 Å². The zero-order valence-corrected chi connectivity index (χ0v) is 11.4. The number of nitrogens with two attached hydrogens (primary N) is 1. The Balaban J connectivity index is 1.59. The van der Waals surface area contributed by atoms with Crippen molar-refractivity contribution in [3.63, 3.8) is 0 Å². The van der Waals surface area contributed by atoms with Crippen molar-refractivity contribution >= 4 is 17.2 Å². The molecule has 0 spiro atoms. The van der Waals surface area contributed by atoms with Crippen LogP contribution in [0, 0.1) is 24.7 Å². The number of fused-ring (bicyclic) bond motifs is 2. The Morgan fingerprint density at radius 3 is 2.94 bits per heavy atom. The van der Waals surface area contributed by atoms with Crippen molar-refractivity contribution in [2.75, 3.05) is 0 Å². The summed E-state index contributed by atoms with van der Waals surface area (Å²) in [5, 5.41) is 4.06. The van der Waals surface area contributed by atoms with E-state index in [0.29, 0.717) is 18.4 Å². The number of rotatable bonds is 3. The molecular weight excluding hydrogens is 246 g/mol. The van der Waals surface area contributed by atoms with Crippen LogP contribution < -0.4 is 11.1 Å². The van der Waals surface area contributed by atoms with E-state index >= 15 is 0 Å². The highest BCUT2D eigenvalue weighted by atomic mass is 32.1. The monoisotopic (exact) mass is 265 g/mol. The van der Waals surface area contributed by atoms with Gasteiger partial charge in [0.2, 0.25) is 5.91 Å². The van der Waals surface area contributed by atoms with Crippen LogP contribution in [0.25, 0.3) is 0 Å². The third kappa shape index (κ3) is 2.06. The average molecular weight is 265 g/mol. The predicted molar refractivity (Wildman–Crippen MR) is 71.0 cm³/mol. The van der Waals surface area contributed by atoms with E-state index in [2.05, 4.69) is 10.3 Å². The fraction of sp³-hybridized carbons (Fsp3) is 0.692. The summed E-state index contributed by atoms with van der Waals surface area (Å²) in [6.07, 6.45) is 5.37. The minimum absolute atomic E-state index is 0.0396. The molecule has 1 aromatic rings. The van der Waals surface area contributed by atoms with E-state index in [1.165, 1.54) is 12.8 Å². The van der Waals surface area contributed by atoms with Crippen LogP contribution in [-0.4, -0.2) is 16.9 Å². The standard InChI is InChI=1S/C13H19N3OS/c1-7-15-5-10(18-7)6-16-13(17)11-8-2-3-9(4-8)12(11)14/h5,8-9,11-12H,2-4,6,14H2,1H3,(H,16,17). The summed E-state index contributed by atoms with van der Waals surface area (Å²) in [7, 11) is 0. The van der Waals surface area contributed by atoms with E-state index in [1.807, 2.05) is 13.1 Å². The van der Waals surface area contributed by atoms with Crippen molar-refractivity contribution in [1.29, 1.82) is 0 Å². The summed E-state index contributed by atoms with van der Waals surface area (Å²) < 4.78 is 0. The quantitative estimate of drug-likeness (QED) is 0.869. The summed E-state index contributed by atoms with van der Waals surface area (Å²) in [6.45, 7) is 2.56. The lowest BCUT2D eigenvalue weighted by Gasteiger charge is -2.26. The number of carbonyl (C=O) groups is 1. The number of thiazole rings is 1. The molecule has 4 atom stereocenters. The van der Waals surface area contributed by atoms with Gasteiger partial charge in [0.25, 0.3) is 0 Å². The Kier molecular flexibility index (Phi) is 3.11. The topological polar surface area (TPSA) is 68.0 Å². The minimum Gasteiger partial charge on any atom is -0.351 e. The molecule has 2 bridgehead atoms. The van der Waals surface area contributed by atoms with Crippen LogP contribution in [-0.2, 0) is 11.3 Å². The molecule has 2 fully saturated rings. The number of hydrogen-bond acceptors (Lipinski definition) is 4. The first-order chi connectivity index (χ1) is 8.65. The summed E-state index contributed by atoms with van der Waals surface area (Å²) in [6, 6.07) is 0.0759. The van der Waals surface area contributed by atoms with Crippen molar-refractivity contribution in [2.24, 2.45) is 23.5 Å². The maximum Gasteiger partial charge on any atom is 0.225 e. The molecule has 4 unspecified atom stereocenters. The fourth-order valence-corrected chi connectivity index (χ4v) is 4.24. The molecular formula is C13H19N3OS. The normalized spacial score (nSPS) is 33.9. The summed E-state index contributed by atoms with van der Waals surface area (Å²) >= 11 is 1.63. The molecule has 3 N–H and O–H groups in total. The van der Waals surface area contributed by atoms with Crippen molar-refractivity contribution in [2.45, 2.75) is 38.8 Å². The maximum atomic E-state index is 12.2. The van der Waals surface area contributed by atoms with Gasteiger partial charge in [-0.1, -0.05) is 0 Å². The predicted octanol–water partition coefficient (Wildman–Crippen LogP) is 1.44. The van der Waals surface area contributed by atoms with Crippen molar-refractivity contribution in [1.82, 2.24) is 10.3 Å². The van der Waals surface area contributed by atoms with Crippen LogP contribution in [0.1, 0.15) is 29.1 Å². The fourth-order valence-electron chi connectivity index (χ4n) is 3.50. The first-order valence-corrected chi connectivity index (χ1v) is 7.41. The van der Waals surface area contributed by atoms with Crippen molar-refractivity contribution in [3.8, 4) is 0 Å². The Morgan fingerprint density at radius 2 is 2.33 bits per heavy atom. The Morgan fingerprint density at radius 1 is 1.56 bits per heavy atom. The second kappa shape index (κ2) is 4.63.